The van der Waals surface area contributed by atoms with Crippen LogP contribution >= 0.6 is 0 Å². The van der Waals surface area contributed by atoms with Gasteiger partial charge in [-0.2, -0.15) is 4.31 Å². The number of carbonyl (C=O) groups is 1. The van der Waals surface area contributed by atoms with Gasteiger partial charge in [0.2, 0.25) is 15.9 Å². The summed E-state index contributed by atoms with van der Waals surface area (Å²) in [4.78, 5) is 21.0. The Kier molecular flexibility index (Phi) is 5.36. The summed E-state index contributed by atoms with van der Waals surface area (Å²) in [5, 5.41) is 0. The molecule has 3 heterocycles. The molecule has 7 nitrogen and oxygen atoms in total. The van der Waals surface area contributed by atoms with E-state index in [1.54, 1.807) is 12.1 Å². The summed E-state index contributed by atoms with van der Waals surface area (Å²) in [5.41, 5.74) is 0. The number of amides is 1. The van der Waals surface area contributed by atoms with E-state index in [1.807, 2.05) is 9.80 Å². The highest BCUT2D eigenvalue weighted by Gasteiger charge is 2.30. The van der Waals surface area contributed by atoms with Gasteiger partial charge in [-0.15, -0.1) is 0 Å². The number of rotatable bonds is 5. The average Bonchev–Trinajstić information content (AvgIpc) is 3.37. The lowest BCUT2D eigenvalue weighted by Gasteiger charge is -2.36. The molecule has 1 aromatic heterocycles. The van der Waals surface area contributed by atoms with Crippen LogP contribution in [0.1, 0.15) is 38.5 Å². The maximum Gasteiger partial charge on any atom is 0.244 e. The van der Waals surface area contributed by atoms with Crippen molar-refractivity contribution >= 4 is 21.7 Å². The molecule has 3 aliphatic rings. The lowest BCUT2D eigenvalue weighted by molar-refractivity contribution is -0.131. The van der Waals surface area contributed by atoms with Crippen molar-refractivity contribution in [3.63, 3.8) is 0 Å². The van der Waals surface area contributed by atoms with Crippen molar-refractivity contribution in [1.82, 2.24) is 14.2 Å². The van der Waals surface area contributed by atoms with E-state index >= 15 is 0 Å². The zero-order valence-corrected chi connectivity index (χ0v) is 16.5. The average molecular weight is 393 g/mol. The Balaban J connectivity index is 1.39. The number of hydrogen-bond donors (Lipinski definition) is 0. The predicted molar refractivity (Wildman–Crippen MR) is 103 cm³/mol. The van der Waals surface area contributed by atoms with Gasteiger partial charge in [0.05, 0.1) is 6.54 Å². The van der Waals surface area contributed by atoms with Crippen LogP contribution in [0, 0.1) is 5.92 Å². The number of piperazine rings is 1. The molecule has 1 aliphatic carbocycles. The first-order valence-corrected chi connectivity index (χ1v) is 11.5. The van der Waals surface area contributed by atoms with Gasteiger partial charge in [-0.05, 0) is 43.7 Å². The lowest BCUT2D eigenvalue weighted by atomic mass is 10.1. The van der Waals surface area contributed by atoms with E-state index in [0.29, 0.717) is 37.9 Å². The van der Waals surface area contributed by atoms with Crippen molar-refractivity contribution in [2.75, 3.05) is 44.2 Å². The lowest BCUT2D eigenvalue weighted by Crippen LogP contribution is -2.51. The molecule has 2 aliphatic heterocycles. The summed E-state index contributed by atoms with van der Waals surface area (Å²) < 4.78 is 26.7. The summed E-state index contributed by atoms with van der Waals surface area (Å²) in [6.45, 7) is 3.82. The zero-order valence-electron chi connectivity index (χ0n) is 15.7. The van der Waals surface area contributed by atoms with Crippen LogP contribution in [0.4, 0.5) is 5.82 Å². The molecule has 2 saturated heterocycles. The summed E-state index contributed by atoms with van der Waals surface area (Å²) in [5.74, 6) is 1.47. The number of nitrogens with zero attached hydrogens (tertiary/aromatic N) is 4. The smallest absolute Gasteiger partial charge is 0.244 e. The van der Waals surface area contributed by atoms with Crippen LogP contribution in [-0.2, 0) is 14.8 Å². The Morgan fingerprint density at radius 1 is 1.00 bits per heavy atom. The minimum atomic E-state index is -3.44. The number of hydrogen-bond acceptors (Lipinski definition) is 5. The first kappa shape index (κ1) is 18.7. The predicted octanol–water partition coefficient (Wildman–Crippen LogP) is 1.70. The van der Waals surface area contributed by atoms with Crippen molar-refractivity contribution in [2.45, 2.75) is 43.4 Å². The second-order valence-corrected chi connectivity index (χ2v) is 9.81. The highest BCUT2D eigenvalue weighted by Crippen LogP contribution is 2.27. The topological polar surface area (TPSA) is 73.8 Å². The van der Waals surface area contributed by atoms with Crippen LogP contribution in [0.25, 0.3) is 0 Å². The van der Waals surface area contributed by atoms with Gasteiger partial charge in [-0.25, -0.2) is 13.4 Å². The number of carbonyl (C=O) groups excluding carboxylic acids is 1. The summed E-state index contributed by atoms with van der Waals surface area (Å²) in [7, 11) is -3.44. The highest BCUT2D eigenvalue weighted by molar-refractivity contribution is 7.89. The molecule has 1 saturated carbocycles. The first-order valence-electron chi connectivity index (χ1n) is 10.0. The van der Waals surface area contributed by atoms with E-state index in [9.17, 15) is 13.2 Å². The normalized spacial score (nSPS) is 22.7. The first-order chi connectivity index (χ1) is 13.0. The minimum absolute atomic E-state index is 0.142. The van der Waals surface area contributed by atoms with Gasteiger partial charge in [0, 0.05) is 38.9 Å². The minimum Gasteiger partial charge on any atom is -0.346 e. The van der Waals surface area contributed by atoms with Crippen molar-refractivity contribution in [1.29, 1.82) is 0 Å². The van der Waals surface area contributed by atoms with E-state index < -0.39 is 10.0 Å². The van der Waals surface area contributed by atoms with Crippen molar-refractivity contribution in [3.8, 4) is 0 Å². The molecule has 1 aromatic rings. The molecule has 0 aromatic carbocycles. The van der Waals surface area contributed by atoms with Crippen LogP contribution in [-0.4, -0.2) is 67.8 Å². The quantitative estimate of drug-likeness (QED) is 0.763. The fourth-order valence-electron chi connectivity index (χ4n) is 4.39. The molecule has 148 valence electrons. The maximum atomic E-state index is 12.6. The molecule has 1 amide bonds. The molecule has 4 rings (SSSR count). The molecule has 0 N–H and O–H groups in total. The van der Waals surface area contributed by atoms with Crippen LogP contribution in [0.2, 0.25) is 0 Å². The fraction of sp³-hybridized carbons (Fsp3) is 0.684. The summed E-state index contributed by atoms with van der Waals surface area (Å²) in [6, 6.07) is 3.34. The number of aromatic nitrogens is 1. The van der Waals surface area contributed by atoms with Crippen LogP contribution in [0.3, 0.4) is 0 Å². The van der Waals surface area contributed by atoms with E-state index in [-0.39, 0.29) is 10.8 Å². The van der Waals surface area contributed by atoms with Crippen LogP contribution in [0.15, 0.2) is 23.2 Å². The van der Waals surface area contributed by atoms with Gasteiger partial charge >= 0.3 is 0 Å². The highest BCUT2D eigenvalue weighted by atomic mass is 32.2. The third-order valence-electron chi connectivity index (χ3n) is 6.02. The number of anilines is 1. The molecule has 0 bridgehead atoms. The van der Waals surface area contributed by atoms with Gasteiger partial charge in [-0.1, -0.05) is 12.8 Å². The molecule has 27 heavy (non-hydrogen) atoms. The van der Waals surface area contributed by atoms with Gasteiger partial charge < -0.3 is 9.80 Å². The van der Waals surface area contributed by atoms with Crippen LogP contribution < -0.4 is 4.90 Å². The van der Waals surface area contributed by atoms with Crippen LogP contribution in [0.5, 0.6) is 0 Å². The van der Waals surface area contributed by atoms with E-state index in [2.05, 4.69) is 4.98 Å². The molecular formula is C19H28N4O3S. The molecule has 0 unspecified atom stereocenters. The van der Waals surface area contributed by atoms with E-state index in [4.69, 9.17) is 0 Å². The van der Waals surface area contributed by atoms with Gasteiger partial charge in [0.15, 0.2) is 0 Å². The Bertz CT molecular complexity index is 769. The van der Waals surface area contributed by atoms with E-state index in [0.717, 1.165) is 25.9 Å². The second-order valence-electron chi connectivity index (χ2n) is 7.88. The summed E-state index contributed by atoms with van der Waals surface area (Å²) in [6.07, 6.45) is 8.31. The van der Waals surface area contributed by atoms with Gasteiger partial charge in [-0.3, -0.25) is 4.79 Å². The van der Waals surface area contributed by atoms with Gasteiger partial charge in [0.25, 0.3) is 0 Å². The van der Waals surface area contributed by atoms with Crippen molar-refractivity contribution < 1.29 is 13.2 Å². The fourth-order valence-corrected chi connectivity index (χ4v) is 5.85. The zero-order chi connectivity index (χ0) is 18.9. The molecule has 0 atom stereocenters. The Morgan fingerprint density at radius 2 is 1.74 bits per heavy atom. The standard InChI is InChI=1S/C19H28N4O3S/c24-19-15-21(11-12-22(19)14-16-5-1-2-6-16)18-8-7-17(13-20-18)27(25,26)23-9-3-4-10-23/h7-8,13,16H,1-6,9-12,14-15H2. The van der Waals surface area contributed by atoms with Gasteiger partial charge in [0.1, 0.15) is 10.7 Å². The molecule has 3 fully saturated rings. The Hall–Kier alpha value is -1.67. The Labute approximate surface area is 161 Å². The van der Waals surface area contributed by atoms with Crippen molar-refractivity contribution in [2.24, 2.45) is 5.92 Å². The third kappa shape index (κ3) is 3.96. The SMILES string of the molecule is O=C1CN(c2ccc(S(=O)(=O)N3CCCC3)cn2)CCN1CC1CCCC1. The van der Waals surface area contributed by atoms with E-state index in [1.165, 1.54) is 36.2 Å². The third-order valence-corrected chi connectivity index (χ3v) is 7.90. The molecular weight excluding hydrogens is 364 g/mol. The number of sulfonamides is 1. The molecule has 0 radical (unpaired) electrons. The van der Waals surface area contributed by atoms with Crippen molar-refractivity contribution in [3.05, 3.63) is 18.3 Å². The second kappa shape index (κ2) is 7.75. The molecule has 8 heteroatoms. The monoisotopic (exact) mass is 392 g/mol. The number of pyridine rings is 1. The Morgan fingerprint density at radius 3 is 2.37 bits per heavy atom. The summed E-state index contributed by atoms with van der Waals surface area (Å²) >= 11 is 0. The molecule has 0 spiro atoms. The largest absolute Gasteiger partial charge is 0.346 e. The maximum absolute atomic E-state index is 12.6.